The Bertz CT molecular complexity index is 222. The zero-order chi connectivity index (χ0) is 7.94. The molecule has 0 bridgehead atoms. The van der Waals surface area contributed by atoms with Crippen molar-refractivity contribution in [1.29, 1.82) is 0 Å². The van der Waals surface area contributed by atoms with Gasteiger partial charge in [0, 0.05) is 13.1 Å². The van der Waals surface area contributed by atoms with E-state index >= 15 is 0 Å². The average molecular weight is 163 g/mol. The number of sulfonamides is 1. The van der Waals surface area contributed by atoms with Crippen LogP contribution in [-0.2, 0) is 10.0 Å². The van der Waals surface area contributed by atoms with Gasteiger partial charge >= 0.3 is 0 Å². The Morgan fingerprint density at radius 3 is 2.00 bits per heavy atom. The molecule has 0 N–H and O–H groups in total. The molecule has 0 aromatic rings. The fourth-order valence-electron chi connectivity index (χ4n) is 1.20. The Labute approximate surface area is 62.1 Å². The largest absolute Gasteiger partial charge is 0.214 e. The molecule has 1 rings (SSSR count). The van der Waals surface area contributed by atoms with Gasteiger partial charge in [0.2, 0.25) is 10.0 Å². The van der Waals surface area contributed by atoms with Crippen LogP contribution < -0.4 is 0 Å². The number of rotatable bonds is 0. The third-order valence-corrected chi connectivity index (χ3v) is 4.47. The Morgan fingerprint density at radius 1 is 1.40 bits per heavy atom. The summed E-state index contributed by atoms with van der Waals surface area (Å²) < 4.78 is 23.7. The minimum absolute atomic E-state index is 0.171. The molecule has 0 aromatic carbocycles. The maximum absolute atomic E-state index is 11.1. The van der Waals surface area contributed by atoms with Gasteiger partial charge in [-0.25, -0.2) is 12.7 Å². The number of nitrogens with zero attached hydrogens (tertiary/aromatic N) is 1. The van der Waals surface area contributed by atoms with Crippen molar-refractivity contribution in [2.45, 2.75) is 19.9 Å². The Hall–Kier alpha value is -0.0900. The molecule has 0 saturated carbocycles. The first kappa shape index (κ1) is 8.01. The van der Waals surface area contributed by atoms with Gasteiger partial charge in [-0.2, -0.15) is 0 Å². The van der Waals surface area contributed by atoms with Gasteiger partial charge in [0.15, 0.2) is 0 Å². The molecule has 0 aliphatic carbocycles. The fourth-order valence-corrected chi connectivity index (χ4v) is 3.09. The van der Waals surface area contributed by atoms with Crippen LogP contribution in [0.1, 0.15) is 13.8 Å². The van der Waals surface area contributed by atoms with E-state index in [4.69, 9.17) is 0 Å². The van der Waals surface area contributed by atoms with Crippen LogP contribution in [0.5, 0.6) is 0 Å². The Morgan fingerprint density at radius 2 is 1.90 bits per heavy atom. The first-order chi connectivity index (χ1) is 4.45. The van der Waals surface area contributed by atoms with E-state index in [1.165, 1.54) is 4.31 Å². The molecular weight excluding hydrogens is 150 g/mol. The molecule has 0 aromatic heterocycles. The van der Waals surface area contributed by atoms with E-state index in [1.807, 2.05) is 13.8 Å². The molecule has 0 amide bonds. The molecule has 0 spiro atoms. The molecule has 1 aliphatic heterocycles. The summed E-state index contributed by atoms with van der Waals surface area (Å²) in [6.07, 6.45) is 0. The van der Waals surface area contributed by atoms with Gasteiger partial charge in [-0.1, -0.05) is 6.92 Å². The average Bonchev–Trinajstić information content (AvgIpc) is 1.95. The fraction of sp³-hybridized carbons (Fsp3) is 1.00. The summed E-state index contributed by atoms with van der Waals surface area (Å²) in [4.78, 5) is 0. The molecule has 2 atom stereocenters. The third kappa shape index (κ3) is 1.06. The lowest BCUT2D eigenvalue weighted by atomic mass is 10.1. The van der Waals surface area contributed by atoms with Crippen molar-refractivity contribution in [3.63, 3.8) is 0 Å². The van der Waals surface area contributed by atoms with E-state index in [9.17, 15) is 8.42 Å². The highest BCUT2D eigenvalue weighted by Crippen LogP contribution is 2.23. The van der Waals surface area contributed by atoms with Crippen LogP contribution in [0, 0.1) is 5.92 Å². The van der Waals surface area contributed by atoms with Gasteiger partial charge in [0.1, 0.15) is 0 Å². The standard InChI is InChI=1S/C6H13NO2S/c1-5-4-10(8,9)7(3)6(5)2/h5-6H,4H2,1-3H3/t5-,6-/m0/s1. The minimum atomic E-state index is -2.89. The smallest absolute Gasteiger partial charge is 0.212 e. The summed E-state index contributed by atoms with van der Waals surface area (Å²) in [5.41, 5.74) is 0. The lowest BCUT2D eigenvalue weighted by Gasteiger charge is -2.14. The molecule has 0 unspecified atom stereocenters. The predicted molar refractivity (Wildman–Crippen MR) is 40.2 cm³/mol. The van der Waals surface area contributed by atoms with Crippen LogP contribution >= 0.6 is 0 Å². The molecule has 3 nitrogen and oxygen atoms in total. The summed E-state index contributed by atoms with van der Waals surface area (Å²) in [5.74, 6) is 0.583. The maximum Gasteiger partial charge on any atom is 0.214 e. The monoisotopic (exact) mass is 163 g/mol. The molecule has 1 fully saturated rings. The van der Waals surface area contributed by atoms with Gasteiger partial charge in [0.05, 0.1) is 5.75 Å². The van der Waals surface area contributed by atoms with Crippen LogP contribution in [0.2, 0.25) is 0 Å². The minimum Gasteiger partial charge on any atom is -0.212 e. The highest BCUT2D eigenvalue weighted by Gasteiger charge is 2.36. The van der Waals surface area contributed by atoms with Crippen LogP contribution in [0.15, 0.2) is 0 Å². The topological polar surface area (TPSA) is 37.4 Å². The summed E-state index contributed by atoms with van der Waals surface area (Å²) in [5, 5.41) is 0. The lowest BCUT2D eigenvalue weighted by molar-refractivity contribution is 0.363. The second kappa shape index (κ2) is 2.20. The SMILES string of the molecule is C[C@H]1CS(=O)(=O)N(C)[C@H]1C. The van der Waals surface area contributed by atoms with Gasteiger partial charge < -0.3 is 0 Å². The number of hydrogen-bond donors (Lipinski definition) is 0. The maximum atomic E-state index is 11.1. The van der Waals surface area contributed by atoms with Crippen molar-refractivity contribution in [3.05, 3.63) is 0 Å². The molecule has 1 aliphatic rings. The Kier molecular flexibility index (Phi) is 1.76. The molecule has 60 valence electrons. The molecule has 10 heavy (non-hydrogen) atoms. The van der Waals surface area contributed by atoms with Crippen molar-refractivity contribution in [1.82, 2.24) is 4.31 Å². The summed E-state index contributed by atoms with van der Waals surface area (Å²) in [6.45, 7) is 3.90. The third-order valence-electron chi connectivity index (χ3n) is 2.31. The zero-order valence-electron chi connectivity index (χ0n) is 6.53. The van der Waals surface area contributed by atoms with E-state index in [-0.39, 0.29) is 12.0 Å². The van der Waals surface area contributed by atoms with E-state index < -0.39 is 10.0 Å². The predicted octanol–water partition coefficient (Wildman–Crippen LogP) is 0.286. The Balaban J connectivity index is 2.93. The first-order valence-corrected chi connectivity index (χ1v) is 5.02. The summed E-state index contributed by atoms with van der Waals surface area (Å²) in [7, 11) is -1.25. The molecule has 1 saturated heterocycles. The van der Waals surface area contributed by atoms with E-state index in [0.717, 1.165) is 0 Å². The summed E-state index contributed by atoms with van der Waals surface area (Å²) >= 11 is 0. The van der Waals surface area contributed by atoms with Gasteiger partial charge in [-0.15, -0.1) is 0 Å². The van der Waals surface area contributed by atoms with Crippen molar-refractivity contribution < 1.29 is 8.42 Å². The first-order valence-electron chi connectivity index (χ1n) is 3.41. The van der Waals surface area contributed by atoms with E-state index in [1.54, 1.807) is 7.05 Å². The van der Waals surface area contributed by atoms with Gasteiger partial charge in [-0.05, 0) is 12.8 Å². The van der Waals surface area contributed by atoms with Gasteiger partial charge in [-0.3, -0.25) is 0 Å². The van der Waals surface area contributed by atoms with Crippen molar-refractivity contribution >= 4 is 10.0 Å². The van der Waals surface area contributed by atoms with E-state index in [2.05, 4.69) is 0 Å². The van der Waals surface area contributed by atoms with Crippen LogP contribution in [-0.4, -0.2) is 31.6 Å². The van der Waals surface area contributed by atoms with Crippen LogP contribution in [0.25, 0.3) is 0 Å². The van der Waals surface area contributed by atoms with Crippen molar-refractivity contribution in [2.24, 2.45) is 5.92 Å². The van der Waals surface area contributed by atoms with Crippen molar-refractivity contribution in [2.75, 3.05) is 12.8 Å². The van der Waals surface area contributed by atoms with Crippen molar-refractivity contribution in [3.8, 4) is 0 Å². The zero-order valence-corrected chi connectivity index (χ0v) is 7.35. The number of hydrogen-bond acceptors (Lipinski definition) is 2. The molecule has 4 heteroatoms. The highest BCUT2D eigenvalue weighted by molar-refractivity contribution is 7.89. The van der Waals surface area contributed by atoms with Crippen LogP contribution in [0.3, 0.4) is 0 Å². The lowest BCUT2D eigenvalue weighted by Crippen LogP contribution is -2.27. The molecule has 0 radical (unpaired) electrons. The molecule has 1 heterocycles. The highest BCUT2D eigenvalue weighted by atomic mass is 32.2. The second-order valence-electron chi connectivity index (χ2n) is 3.01. The normalized spacial score (nSPS) is 40.3. The molecular formula is C6H13NO2S. The second-order valence-corrected chi connectivity index (χ2v) is 5.09. The quantitative estimate of drug-likeness (QED) is 0.514. The van der Waals surface area contributed by atoms with Crippen LogP contribution in [0.4, 0.5) is 0 Å². The van der Waals surface area contributed by atoms with E-state index in [0.29, 0.717) is 5.75 Å². The summed E-state index contributed by atoms with van der Waals surface area (Å²) in [6, 6.07) is 0.171. The van der Waals surface area contributed by atoms with Gasteiger partial charge in [0.25, 0.3) is 0 Å².